The maximum absolute atomic E-state index is 13.8. The van der Waals surface area contributed by atoms with E-state index in [0.717, 1.165) is 24.6 Å². The van der Waals surface area contributed by atoms with Gasteiger partial charge in [-0.2, -0.15) is 0 Å². The lowest BCUT2D eigenvalue weighted by Gasteiger charge is -2.14. The van der Waals surface area contributed by atoms with Gasteiger partial charge in [0.05, 0.1) is 17.0 Å². The van der Waals surface area contributed by atoms with Crippen LogP contribution in [0, 0.1) is 5.82 Å². The summed E-state index contributed by atoms with van der Waals surface area (Å²) >= 11 is 7.27. The summed E-state index contributed by atoms with van der Waals surface area (Å²) in [6, 6.07) is 9.57. The van der Waals surface area contributed by atoms with Gasteiger partial charge in [-0.25, -0.2) is 4.39 Å². The van der Waals surface area contributed by atoms with Crippen molar-refractivity contribution < 1.29 is 23.5 Å². The highest BCUT2D eigenvalue weighted by Crippen LogP contribution is 2.39. The fraction of sp³-hybridized carbons (Fsp3) is 0.273. The molecule has 1 aliphatic rings. The van der Waals surface area contributed by atoms with E-state index in [2.05, 4.69) is 0 Å². The minimum atomic E-state index is -0.372. The van der Waals surface area contributed by atoms with E-state index in [0.29, 0.717) is 28.3 Å². The molecular weight excluding hydrogens is 429 g/mol. The summed E-state index contributed by atoms with van der Waals surface area (Å²) in [5.41, 5.74) is 0.983. The molecule has 0 spiro atoms. The maximum Gasteiger partial charge on any atom is 0.293 e. The Bertz CT molecular complexity index is 995. The van der Waals surface area contributed by atoms with Crippen LogP contribution in [0.4, 0.5) is 9.18 Å². The number of carbonyl (C=O) groups is 2. The summed E-state index contributed by atoms with van der Waals surface area (Å²) in [5, 5.41) is -0.0234. The minimum absolute atomic E-state index is 0.0155. The van der Waals surface area contributed by atoms with Crippen LogP contribution in [0.2, 0.25) is 5.02 Å². The summed E-state index contributed by atoms with van der Waals surface area (Å²) < 4.78 is 24.9. The van der Waals surface area contributed by atoms with Crippen molar-refractivity contribution in [3.8, 4) is 11.5 Å². The van der Waals surface area contributed by atoms with Crippen molar-refractivity contribution in [3.05, 3.63) is 63.3 Å². The number of carbonyl (C=O) groups excluding carboxylic acids is 2. The van der Waals surface area contributed by atoms with E-state index in [-0.39, 0.29) is 34.3 Å². The van der Waals surface area contributed by atoms with Gasteiger partial charge in [0.2, 0.25) is 0 Å². The molecule has 5 nitrogen and oxygen atoms in total. The maximum atomic E-state index is 13.8. The number of nitrogens with zero attached hydrogens (tertiary/aromatic N) is 1. The molecule has 1 saturated heterocycles. The van der Waals surface area contributed by atoms with Gasteiger partial charge >= 0.3 is 0 Å². The van der Waals surface area contributed by atoms with Gasteiger partial charge in [0, 0.05) is 12.1 Å². The van der Waals surface area contributed by atoms with E-state index in [1.165, 1.54) is 18.1 Å². The Morgan fingerprint density at radius 2 is 2.00 bits per heavy atom. The van der Waals surface area contributed by atoms with Crippen LogP contribution in [-0.2, 0) is 11.4 Å². The van der Waals surface area contributed by atoms with Crippen LogP contribution in [-0.4, -0.2) is 29.7 Å². The molecule has 8 heteroatoms. The third kappa shape index (κ3) is 4.96. The summed E-state index contributed by atoms with van der Waals surface area (Å²) in [5.74, 6) is -0.0673. The molecular formula is C22H21ClFNO4S. The second kappa shape index (κ2) is 10.00. The number of ether oxygens (including phenoxy) is 2. The Labute approximate surface area is 183 Å². The van der Waals surface area contributed by atoms with Gasteiger partial charge in [-0.05, 0) is 48.0 Å². The van der Waals surface area contributed by atoms with Gasteiger partial charge in [0.1, 0.15) is 12.4 Å². The zero-order valence-corrected chi connectivity index (χ0v) is 18.2. The predicted octanol–water partition coefficient (Wildman–Crippen LogP) is 5.90. The number of methoxy groups -OCH3 is 1. The molecule has 30 heavy (non-hydrogen) atoms. The van der Waals surface area contributed by atoms with E-state index in [1.54, 1.807) is 36.4 Å². The molecule has 2 amide bonds. The van der Waals surface area contributed by atoms with Crippen molar-refractivity contribution in [2.45, 2.75) is 26.4 Å². The molecule has 1 aliphatic heterocycles. The van der Waals surface area contributed by atoms with Crippen LogP contribution in [0.25, 0.3) is 6.08 Å². The lowest BCUT2D eigenvalue weighted by molar-refractivity contribution is -0.122. The van der Waals surface area contributed by atoms with Crippen molar-refractivity contribution in [2.75, 3.05) is 13.7 Å². The molecule has 0 bridgehead atoms. The molecule has 0 radical (unpaired) electrons. The second-order valence-electron chi connectivity index (χ2n) is 6.60. The van der Waals surface area contributed by atoms with Crippen molar-refractivity contribution in [3.63, 3.8) is 0 Å². The lowest BCUT2D eigenvalue weighted by Crippen LogP contribution is -2.29. The number of hydrogen-bond acceptors (Lipinski definition) is 5. The third-order valence-corrected chi connectivity index (χ3v) is 5.68. The second-order valence-corrected chi connectivity index (χ2v) is 8.00. The fourth-order valence-corrected chi connectivity index (χ4v) is 4.03. The Kier molecular flexibility index (Phi) is 7.39. The van der Waals surface area contributed by atoms with Crippen LogP contribution < -0.4 is 9.47 Å². The molecule has 2 aromatic rings. The zero-order valence-electron chi connectivity index (χ0n) is 16.6. The SMILES string of the molecule is CCCCN1C(=O)S/C(=C\c2cc(Cl)c(OCc3ccccc3F)c(OC)c2)C1=O. The highest BCUT2D eigenvalue weighted by Gasteiger charge is 2.34. The first-order valence-electron chi connectivity index (χ1n) is 9.43. The number of unbranched alkanes of at least 4 members (excludes halogenated alkanes) is 1. The monoisotopic (exact) mass is 449 g/mol. The minimum Gasteiger partial charge on any atom is -0.493 e. The van der Waals surface area contributed by atoms with Crippen LogP contribution in [0.15, 0.2) is 41.3 Å². The first-order valence-corrected chi connectivity index (χ1v) is 10.6. The average Bonchev–Trinajstić information content (AvgIpc) is 2.99. The normalized spacial score (nSPS) is 15.2. The molecule has 3 rings (SSSR count). The van der Waals surface area contributed by atoms with Crippen molar-refractivity contribution in [2.24, 2.45) is 0 Å². The van der Waals surface area contributed by atoms with Crippen LogP contribution in [0.5, 0.6) is 11.5 Å². The molecule has 0 unspecified atom stereocenters. The molecule has 158 valence electrons. The lowest BCUT2D eigenvalue weighted by atomic mass is 10.1. The molecule has 0 aliphatic carbocycles. The van der Waals surface area contributed by atoms with Crippen LogP contribution in [0.1, 0.15) is 30.9 Å². The van der Waals surface area contributed by atoms with Crippen LogP contribution >= 0.6 is 23.4 Å². The smallest absolute Gasteiger partial charge is 0.293 e. The van der Waals surface area contributed by atoms with E-state index in [1.807, 2.05) is 6.92 Å². The average molecular weight is 450 g/mol. The summed E-state index contributed by atoms with van der Waals surface area (Å²) in [6.07, 6.45) is 3.26. The van der Waals surface area contributed by atoms with Crippen LogP contribution in [0.3, 0.4) is 0 Å². The Hall–Kier alpha value is -2.51. The number of amides is 2. The number of benzene rings is 2. The largest absolute Gasteiger partial charge is 0.493 e. The van der Waals surface area contributed by atoms with E-state index >= 15 is 0 Å². The van der Waals surface area contributed by atoms with Crippen molar-refractivity contribution in [1.82, 2.24) is 4.90 Å². The molecule has 2 aromatic carbocycles. The Balaban J connectivity index is 1.82. The fourth-order valence-electron chi connectivity index (χ4n) is 2.89. The van der Waals surface area contributed by atoms with E-state index in [4.69, 9.17) is 21.1 Å². The molecule has 0 saturated carbocycles. The van der Waals surface area contributed by atoms with Gasteiger partial charge in [0.25, 0.3) is 11.1 Å². The van der Waals surface area contributed by atoms with Crippen molar-refractivity contribution in [1.29, 1.82) is 0 Å². The summed E-state index contributed by atoms with van der Waals surface area (Å²) in [7, 11) is 1.46. The predicted molar refractivity (Wildman–Crippen MR) is 116 cm³/mol. The molecule has 1 fully saturated rings. The summed E-state index contributed by atoms with van der Waals surface area (Å²) in [6.45, 7) is 2.39. The molecule has 0 atom stereocenters. The number of thioether (sulfide) groups is 1. The standard InChI is InChI=1S/C22H21ClFNO4S/c1-3-4-9-25-21(26)19(30-22(25)27)12-14-10-16(23)20(18(11-14)28-2)29-13-15-7-5-6-8-17(15)24/h5-8,10-12H,3-4,9,13H2,1-2H3/b19-12-. The number of imide groups is 1. The molecule has 0 aromatic heterocycles. The quantitative estimate of drug-likeness (QED) is 0.469. The van der Waals surface area contributed by atoms with Gasteiger partial charge in [0.15, 0.2) is 11.5 Å². The first-order chi connectivity index (χ1) is 14.4. The zero-order chi connectivity index (χ0) is 21.7. The first kappa shape index (κ1) is 22.2. The van der Waals surface area contributed by atoms with Gasteiger partial charge in [-0.3, -0.25) is 14.5 Å². The topological polar surface area (TPSA) is 55.8 Å². The molecule has 0 N–H and O–H groups in total. The summed E-state index contributed by atoms with van der Waals surface area (Å²) in [4.78, 5) is 26.2. The highest BCUT2D eigenvalue weighted by atomic mass is 35.5. The molecule has 1 heterocycles. The number of halogens is 2. The number of hydrogen-bond donors (Lipinski definition) is 0. The number of rotatable bonds is 8. The van der Waals surface area contributed by atoms with Crippen molar-refractivity contribution >= 4 is 40.6 Å². The van der Waals surface area contributed by atoms with E-state index < -0.39 is 0 Å². The van der Waals surface area contributed by atoms with Gasteiger partial charge in [-0.1, -0.05) is 43.1 Å². The van der Waals surface area contributed by atoms with E-state index in [9.17, 15) is 14.0 Å². The Morgan fingerprint density at radius 3 is 2.70 bits per heavy atom. The third-order valence-electron chi connectivity index (χ3n) is 4.49. The Morgan fingerprint density at radius 1 is 1.23 bits per heavy atom. The highest BCUT2D eigenvalue weighted by molar-refractivity contribution is 8.18. The van der Waals surface area contributed by atoms with Gasteiger partial charge < -0.3 is 9.47 Å². The van der Waals surface area contributed by atoms with Gasteiger partial charge in [-0.15, -0.1) is 0 Å².